The maximum atomic E-state index is 12.5. The Morgan fingerprint density at radius 2 is 2.15 bits per heavy atom. The minimum atomic E-state index is -0.499. The predicted octanol–water partition coefficient (Wildman–Crippen LogP) is 4.09. The molecule has 1 unspecified atom stereocenters. The first kappa shape index (κ1) is 18.2. The third-order valence-electron chi connectivity index (χ3n) is 3.64. The van der Waals surface area contributed by atoms with E-state index in [1.165, 1.54) is 24.5 Å². The molecule has 2 aromatic heterocycles. The van der Waals surface area contributed by atoms with Crippen LogP contribution in [0.5, 0.6) is 0 Å². The van der Waals surface area contributed by atoms with Gasteiger partial charge in [0.05, 0.1) is 19.6 Å². The molecule has 3 aromatic rings. The van der Waals surface area contributed by atoms with Crippen molar-refractivity contribution in [2.45, 2.75) is 12.5 Å². The first-order chi connectivity index (χ1) is 12.6. The second kappa shape index (κ2) is 8.16. The maximum absolute atomic E-state index is 12.5. The third kappa shape index (κ3) is 4.30. The largest absolute Gasteiger partial charge is 0.469 e. The molecule has 2 heterocycles. The molecule has 0 saturated heterocycles. The van der Waals surface area contributed by atoms with Crippen LogP contribution in [0, 0.1) is 0 Å². The molecule has 6 nitrogen and oxygen atoms in total. The van der Waals surface area contributed by atoms with Crippen LogP contribution in [-0.4, -0.2) is 24.1 Å². The number of halogens is 1. The van der Waals surface area contributed by atoms with Gasteiger partial charge in [-0.05, 0) is 23.6 Å². The predicted molar refractivity (Wildman–Crippen MR) is 98.1 cm³/mol. The van der Waals surface area contributed by atoms with Gasteiger partial charge in [-0.3, -0.25) is 9.59 Å². The summed E-state index contributed by atoms with van der Waals surface area (Å²) in [4.78, 5) is 25.0. The van der Waals surface area contributed by atoms with Crippen LogP contribution in [0.3, 0.4) is 0 Å². The maximum Gasteiger partial charge on any atom is 0.307 e. The van der Waals surface area contributed by atoms with Gasteiger partial charge in [-0.15, -0.1) is 11.3 Å². The van der Waals surface area contributed by atoms with E-state index in [-0.39, 0.29) is 12.1 Å². The second-order valence-electron chi connectivity index (χ2n) is 5.41. The van der Waals surface area contributed by atoms with E-state index < -0.39 is 17.9 Å². The molecule has 0 aliphatic carbocycles. The highest BCUT2D eigenvalue weighted by molar-refractivity contribution is 7.10. The van der Waals surface area contributed by atoms with E-state index in [1.807, 2.05) is 17.5 Å². The van der Waals surface area contributed by atoms with Gasteiger partial charge in [-0.25, -0.2) is 0 Å². The number of rotatable bonds is 6. The van der Waals surface area contributed by atoms with Crippen LogP contribution >= 0.6 is 22.9 Å². The average molecular weight is 391 g/mol. The lowest BCUT2D eigenvalue weighted by Gasteiger charge is -2.15. The lowest BCUT2D eigenvalue weighted by Crippen LogP contribution is -2.30. The topological polar surface area (TPSA) is 81.4 Å². The second-order valence-corrected chi connectivity index (χ2v) is 6.82. The molecule has 0 fully saturated rings. The fourth-order valence-corrected chi connectivity index (χ4v) is 3.32. The standard InChI is InChI=1S/C18H15ClN2O4S/c1-24-17(22)10-13(16-6-3-7-26-16)20-18(23)14-9-15(25-21-14)11-4-2-5-12(19)8-11/h2-9,13H,10H2,1H3,(H,20,23). The minimum absolute atomic E-state index is 0.0295. The monoisotopic (exact) mass is 390 g/mol. The Hall–Kier alpha value is -2.64. The molecule has 1 N–H and O–H groups in total. The van der Waals surface area contributed by atoms with E-state index in [9.17, 15) is 9.59 Å². The number of methoxy groups -OCH3 is 1. The van der Waals surface area contributed by atoms with E-state index in [1.54, 1.807) is 24.3 Å². The Bertz CT molecular complexity index is 908. The summed E-state index contributed by atoms with van der Waals surface area (Å²) >= 11 is 7.41. The van der Waals surface area contributed by atoms with Crippen molar-refractivity contribution in [3.05, 3.63) is 63.4 Å². The van der Waals surface area contributed by atoms with Crippen molar-refractivity contribution in [2.24, 2.45) is 0 Å². The van der Waals surface area contributed by atoms with Gasteiger partial charge in [0, 0.05) is 21.5 Å². The van der Waals surface area contributed by atoms with Gasteiger partial charge in [-0.1, -0.05) is 35.0 Å². The Morgan fingerprint density at radius 1 is 1.31 bits per heavy atom. The van der Waals surface area contributed by atoms with Crippen LogP contribution in [0.2, 0.25) is 5.02 Å². The molecule has 0 spiro atoms. The Balaban J connectivity index is 1.77. The summed E-state index contributed by atoms with van der Waals surface area (Å²) in [7, 11) is 1.31. The fourth-order valence-electron chi connectivity index (χ4n) is 2.35. The van der Waals surface area contributed by atoms with E-state index in [2.05, 4.69) is 10.5 Å². The number of benzene rings is 1. The zero-order chi connectivity index (χ0) is 18.5. The number of thiophene rings is 1. The third-order valence-corrected chi connectivity index (χ3v) is 4.86. The zero-order valence-electron chi connectivity index (χ0n) is 13.8. The molecule has 8 heteroatoms. The number of carbonyl (C=O) groups is 2. The van der Waals surface area contributed by atoms with E-state index >= 15 is 0 Å². The van der Waals surface area contributed by atoms with Gasteiger partial charge in [0.2, 0.25) is 0 Å². The van der Waals surface area contributed by atoms with Crippen LogP contribution in [0.1, 0.15) is 27.8 Å². The van der Waals surface area contributed by atoms with Crippen molar-refractivity contribution in [1.82, 2.24) is 10.5 Å². The highest BCUT2D eigenvalue weighted by atomic mass is 35.5. The van der Waals surface area contributed by atoms with Crippen molar-refractivity contribution < 1.29 is 18.8 Å². The molecule has 1 atom stereocenters. The molecule has 0 bridgehead atoms. The summed E-state index contributed by atoms with van der Waals surface area (Å²) in [6.45, 7) is 0. The smallest absolute Gasteiger partial charge is 0.307 e. The number of amides is 1. The van der Waals surface area contributed by atoms with Crippen molar-refractivity contribution in [1.29, 1.82) is 0 Å². The zero-order valence-corrected chi connectivity index (χ0v) is 15.3. The molecule has 1 aromatic carbocycles. The van der Waals surface area contributed by atoms with Crippen LogP contribution < -0.4 is 5.32 Å². The molecule has 26 heavy (non-hydrogen) atoms. The summed E-state index contributed by atoms with van der Waals surface area (Å²) in [5.74, 6) is -0.425. The Morgan fingerprint density at radius 3 is 2.85 bits per heavy atom. The number of carbonyl (C=O) groups excluding carboxylic acids is 2. The summed E-state index contributed by atoms with van der Waals surface area (Å²) in [5, 5.41) is 9.04. The number of ether oxygens (including phenoxy) is 1. The Kier molecular flexibility index (Phi) is 5.70. The molecule has 134 valence electrons. The molecule has 3 rings (SSSR count). The summed E-state index contributed by atoms with van der Waals surface area (Å²) < 4.78 is 9.95. The van der Waals surface area contributed by atoms with E-state index in [0.717, 1.165) is 4.88 Å². The first-order valence-corrected chi connectivity index (χ1v) is 8.96. The molecule has 1 amide bonds. The summed E-state index contributed by atoms with van der Waals surface area (Å²) in [6, 6.07) is 11.8. The molecule has 0 saturated carbocycles. The van der Waals surface area contributed by atoms with Crippen molar-refractivity contribution in [3.8, 4) is 11.3 Å². The van der Waals surface area contributed by atoms with Crippen molar-refractivity contribution in [2.75, 3.05) is 7.11 Å². The molecular weight excluding hydrogens is 376 g/mol. The molecule has 0 aliphatic rings. The van der Waals surface area contributed by atoms with Crippen LogP contribution in [0.4, 0.5) is 0 Å². The highest BCUT2D eigenvalue weighted by Crippen LogP contribution is 2.25. The molecule has 0 radical (unpaired) electrons. The number of aromatic nitrogens is 1. The summed E-state index contributed by atoms with van der Waals surface area (Å²) in [6.07, 6.45) is 0.0295. The number of hydrogen-bond acceptors (Lipinski definition) is 6. The van der Waals surface area contributed by atoms with Crippen LogP contribution in [0.15, 0.2) is 52.4 Å². The van der Waals surface area contributed by atoms with E-state index in [4.69, 9.17) is 20.9 Å². The fraction of sp³-hybridized carbons (Fsp3) is 0.167. The van der Waals surface area contributed by atoms with E-state index in [0.29, 0.717) is 16.3 Å². The lowest BCUT2D eigenvalue weighted by atomic mass is 10.1. The SMILES string of the molecule is COC(=O)CC(NC(=O)c1cc(-c2cccc(Cl)c2)on1)c1cccs1. The molecular formula is C18H15ClN2O4S. The number of esters is 1. The average Bonchev–Trinajstić information content (AvgIpc) is 3.32. The van der Waals surface area contributed by atoms with Crippen molar-refractivity contribution in [3.63, 3.8) is 0 Å². The van der Waals surface area contributed by atoms with Gasteiger partial charge >= 0.3 is 5.97 Å². The van der Waals surface area contributed by atoms with Crippen LogP contribution in [0.25, 0.3) is 11.3 Å². The van der Waals surface area contributed by atoms with Gasteiger partial charge in [0.1, 0.15) is 0 Å². The lowest BCUT2D eigenvalue weighted by molar-refractivity contribution is -0.141. The highest BCUT2D eigenvalue weighted by Gasteiger charge is 2.22. The number of hydrogen-bond donors (Lipinski definition) is 1. The molecule has 0 aliphatic heterocycles. The minimum Gasteiger partial charge on any atom is -0.469 e. The van der Waals surface area contributed by atoms with Gasteiger partial charge in [-0.2, -0.15) is 0 Å². The van der Waals surface area contributed by atoms with Gasteiger partial charge in [0.25, 0.3) is 5.91 Å². The van der Waals surface area contributed by atoms with Crippen molar-refractivity contribution >= 4 is 34.8 Å². The number of nitrogens with zero attached hydrogens (tertiary/aromatic N) is 1. The van der Waals surface area contributed by atoms with Crippen LogP contribution in [-0.2, 0) is 9.53 Å². The Labute approximate surface area is 158 Å². The quantitative estimate of drug-likeness (QED) is 0.641. The summed E-state index contributed by atoms with van der Waals surface area (Å²) in [5.41, 5.74) is 0.833. The normalized spacial score (nSPS) is 11.8. The first-order valence-electron chi connectivity index (χ1n) is 7.70. The number of nitrogens with one attached hydrogen (secondary N) is 1. The van der Waals surface area contributed by atoms with Gasteiger partial charge < -0.3 is 14.6 Å². The van der Waals surface area contributed by atoms with Gasteiger partial charge in [0.15, 0.2) is 11.5 Å².